The summed E-state index contributed by atoms with van der Waals surface area (Å²) in [6.07, 6.45) is 5.75. The number of aliphatic hydroxyl groups excluding tert-OH is 2. The summed E-state index contributed by atoms with van der Waals surface area (Å²) in [5.74, 6) is -0.0645. The largest absolute Gasteiger partial charge is 0.493 e. The van der Waals surface area contributed by atoms with Gasteiger partial charge < -0.3 is 20.1 Å². The van der Waals surface area contributed by atoms with Gasteiger partial charge >= 0.3 is 5.97 Å². The molecule has 0 amide bonds. The molecule has 1 aromatic carbocycles. The van der Waals surface area contributed by atoms with Crippen molar-refractivity contribution in [2.24, 2.45) is 11.8 Å². The van der Waals surface area contributed by atoms with Gasteiger partial charge in [-0.25, -0.2) is 0 Å². The molecule has 0 saturated heterocycles. The average Bonchev–Trinajstić information content (AvgIpc) is 2.89. The highest BCUT2D eigenvalue weighted by Crippen LogP contribution is 2.39. The Morgan fingerprint density at radius 2 is 2.15 bits per heavy atom. The van der Waals surface area contributed by atoms with Crippen molar-refractivity contribution in [2.45, 2.75) is 56.6 Å². The monoisotopic (exact) mass is 396 g/mol. The van der Waals surface area contributed by atoms with E-state index in [1.165, 1.54) is 0 Å². The molecular weight excluding hydrogens is 368 g/mol. The SMILES string of the molecule is CC(O)c1cccc(OCC2C(O)CC(Cl)C2C/C=C\CCCC(=O)O)c1. The molecule has 0 aliphatic heterocycles. The Bertz CT molecular complexity index is 631. The van der Waals surface area contributed by atoms with E-state index in [1.54, 1.807) is 6.92 Å². The van der Waals surface area contributed by atoms with Crippen molar-refractivity contribution in [1.82, 2.24) is 0 Å². The first-order chi connectivity index (χ1) is 12.9. The average molecular weight is 397 g/mol. The minimum absolute atomic E-state index is 0.0635. The maximum absolute atomic E-state index is 10.5. The van der Waals surface area contributed by atoms with Crippen molar-refractivity contribution >= 4 is 17.6 Å². The quantitative estimate of drug-likeness (QED) is 0.317. The van der Waals surface area contributed by atoms with Crippen LogP contribution in [0.4, 0.5) is 0 Å². The third-order valence-corrected chi connectivity index (χ3v) is 5.60. The van der Waals surface area contributed by atoms with Crippen LogP contribution in [0.5, 0.6) is 5.75 Å². The fraction of sp³-hybridized carbons (Fsp3) is 0.571. The lowest BCUT2D eigenvalue weighted by Gasteiger charge is -2.23. The highest BCUT2D eigenvalue weighted by molar-refractivity contribution is 6.21. The molecule has 1 saturated carbocycles. The fourth-order valence-corrected chi connectivity index (χ4v) is 3.96. The van der Waals surface area contributed by atoms with Crippen molar-refractivity contribution in [3.8, 4) is 5.75 Å². The van der Waals surface area contributed by atoms with E-state index in [1.807, 2.05) is 36.4 Å². The summed E-state index contributed by atoms with van der Waals surface area (Å²) in [5.41, 5.74) is 0.788. The van der Waals surface area contributed by atoms with Crippen LogP contribution in [0.25, 0.3) is 0 Å². The zero-order chi connectivity index (χ0) is 19.8. The molecule has 1 aliphatic carbocycles. The second-order valence-electron chi connectivity index (χ2n) is 7.20. The van der Waals surface area contributed by atoms with E-state index >= 15 is 0 Å². The molecule has 0 aromatic heterocycles. The minimum atomic E-state index is -0.778. The van der Waals surface area contributed by atoms with E-state index in [2.05, 4.69) is 0 Å². The van der Waals surface area contributed by atoms with Crippen molar-refractivity contribution in [2.75, 3.05) is 6.61 Å². The molecule has 0 heterocycles. The van der Waals surface area contributed by atoms with Gasteiger partial charge in [0.25, 0.3) is 0 Å². The van der Waals surface area contributed by atoms with E-state index in [4.69, 9.17) is 21.4 Å². The van der Waals surface area contributed by atoms with Crippen LogP contribution < -0.4 is 4.74 Å². The summed E-state index contributed by atoms with van der Waals surface area (Å²) in [6, 6.07) is 7.32. The van der Waals surface area contributed by atoms with E-state index in [0.717, 1.165) is 18.4 Å². The summed E-state index contributed by atoms with van der Waals surface area (Å²) in [6.45, 7) is 2.07. The van der Waals surface area contributed by atoms with Gasteiger partial charge in [-0.05, 0) is 56.2 Å². The standard InChI is InChI=1S/C21H29ClO5/c1-14(23)15-7-6-8-16(11-15)27-13-18-17(19(22)12-20(18)24)9-4-2-3-5-10-21(25)26/h2,4,6-8,11,14,17-20,23-24H,3,5,9-10,12-13H2,1H3,(H,25,26)/b4-2-. The van der Waals surface area contributed by atoms with Crippen molar-refractivity contribution in [1.29, 1.82) is 0 Å². The zero-order valence-corrected chi connectivity index (χ0v) is 16.4. The van der Waals surface area contributed by atoms with Crippen LogP contribution in [0.3, 0.4) is 0 Å². The molecule has 1 aliphatic rings. The number of hydrogen-bond acceptors (Lipinski definition) is 4. The van der Waals surface area contributed by atoms with Crippen molar-refractivity contribution < 1.29 is 24.9 Å². The molecule has 27 heavy (non-hydrogen) atoms. The summed E-state index contributed by atoms with van der Waals surface area (Å²) in [7, 11) is 0. The third kappa shape index (κ3) is 6.83. The molecule has 1 fully saturated rings. The van der Waals surface area contributed by atoms with Gasteiger partial charge in [-0.2, -0.15) is 0 Å². The van der Waals surface area contributed by atoms with Crippen LogP contribution in [-0.2, 0) is 4.79 Å². The maximum Gasteiger partial charge on any atom is 0.303 e. The number of unbranched alkanes of at least 4 members (excludes halogenated alkanes) is 1. The number of hydrogen-bond donors (Lipinski definition) is 3. The Kier molecular flexibility index (Phi) is 8.61. The van der Waals surface area contributed by atoms with Gasteiger partial charge in [0.15, 0.2) is 0 Å². The molecule has 5 unspecified atom stereocenters. The van der Waals surface area contributed by atoms with Gasteiger partial charge in [0, 0.05) is 17.7 Å². The topological polar surface area (TPSA) is 87.0 Å². The number of carboxylic acid groups (broad SMARTS) is 1. The summed E-state index contributed by atoms with van der Waals surface area (Å²) in [4.78, 5) is 10.5. The van der Waals surface area contributed by atoms with E-state index < -0.39 is 18.2 Å². The van der Waals surface area contributed by atoms with Crippen LogP contribution in [0.15, 0.2) is 36.4 Å². The highest BCUT2D eigenvalue weighted by atomic mass is 35.5. The number of carbonyl (C=O) groups is 1. The predicted molar refractivity (Wildman–Crippen MR) is 105 cm³/mol. The Hall–Kier alpha value is -1.56. The number of aliphatic hydroxyl groups is 2. The number of ether oxygens (including phenoxy) is 1. The van der Waals surface area contributed by atoms with Gasteiger partial charge in [-0.3, -0.25) is 4.79 Å². The van der Waals surface area contributed by atoms with Crippen molar-refractivity contribution in [3.63, 3.8) is 0 Å². The normalized spacial score (nSPS) is 26.4. The Morgan fingerprint density at radius 3 is 2.85 bits per heavy atom. The number of aliphatic carboxylic acids is 1. The van der Waals surface area contributed by atoms with Crippen LogP contribution in [0, 0.1) is 11.8 Å². The lowest BCUT2D eigenvalue weighted by atomic mass is 9.92. The second-order valence-corrected chi connectivity index (χ2v) is 7.76. The molecule has 1 aromatic rings. The second kappa shape index (κ2) is 10.7. The van der Waals surface area contributed by atoms with Gasteiger partial charge in [-0.15, -0.1) is 11.6 Å². The van der Waals surface area contributed by atoms with Crippen molar-refractivity contribution in [3.05, 3.63) is 42.0 Å². The molecule has 2 rings (SSSR count). The van der Waals surface area contributed by atoms with E-state index in [0.29, 0.717) is 25.2 Å². The van der Waals surface area contributed by atoms with E-state index in [-0.39, 0.29) is 23.6 Å². The molecule has 0 bridgehead atoms. The van der Waals surface area contributed by atoms with E-state index in [9.17, 15) is 15.0 Å². The first-order valence-corrected chi connectivity index (χ1v) is 9.92. The Labute approximate surface area is 165 Å². The molecule has 3 N–H and O–H groups in total. The Morgan fingerprint density at radius 1 is 1.37 bits per heavy atom. The third-order valence-electron chi connectivity index (χ3n) is 5.09. The van der Waals surface area contributed by atoms with Gasteiger partial charge in [-0.1, -0.05) is 24.3 Å². The molecule has 5 nitrogen and oxygen atoms in total. The number of rotatable bonds is 10. The number of benzene rings is 1. The number of carboxylic acids is 1. The van der Waals surface area contributed by atoms with Crippen LogP contribution in [-0.4, -0.2) is 39.4 Å². The van der Waals surface area contributed by atoms with Gasteiger partial charge in [0.1, 0.15) is 5.75 Å². The maximum atomic E-state index is 10.5. The van der Waals surface area contributed by atoms with Crippen LogP contribution in [0.1, 0.15) is 50.7 Å². The molecule has 0 radical (unpaired) electrons. The van der Waals surface area contributed by atoms with Gasteiger partial charge in [0.05, 0.1) is 18.8 Å². The summed E-state index contributed by atoms with van der Waals surface area (Å²) >= 11 is 6.44. The van der Waals surface area contributed by atoms with Gasteiger partial charge in [0.2, 0.25) is 0 Å². The predicted octanol–water partition coefficient (Wildman–Crippen LogP) is 3.92. The fourth-order valence-electron chi connectivity index (χ4n) is 3.49. The summed E-state index contributed by atoms with van der Waals surface area (Å²) < 4.78 is 5.88. The minimum Gasteiger partial charge on any atom is -0.493 e. The lowest BCUT2D eigenvalue weighted by Crippen LogP contribution is -2.27. The van der Waals surface area contributed by atoms with Crippen LogP contribution >= 0.6 is 11.6 Å². The molecule has 6 heteroatoms. The molecule has 0 spiro atoms. The first kappa shape index (κ1) is 21.7. The number of alkyl halides is 1. The Balaban J connectivity index is 1.88. The smallest absolute Gasteiger partial charge is 0.303 e. The highest BCUT2D eigenvalue weighted by Gasteiger charge is 2.41. The van der Waals surface area contributed by atoms with Crippen LogP contribution in [0.2, 0.25) is 0 Å². The first-order valence-electron chi connectivity index (χ1n) is 9.48. The zero-order valence-electron chi connectivity index (χ0n) is 15.6. The number of halogens is 1. The molecule has 5 atom stereocenters. The lowest BCUT2D eigenvalue weighted by molar-refractivity contribution is -0.137. The molecular formula is C21H29ClO5. The molecule has 150 valence electrons. The summed E-state index contributed by atoms with van der Waals surface area (Å²) in [5, 5.41) is 28.6. The number of allylic oxidation sites excluding steroid dienone is 2.